The molecule has 0 saturated heterocycles. The summed E-state index contributed by atoms with van der Waals surface area (Å²) in [5.41, 5.74) is -0.528. The van der Waals surface area contributed by atoms with Crippen molar-refractivity contribution in [2.75, 3.05) is 5.32 Å². The van der Waals surface area contributed by atoms with E-state index in [1.54, 1.807) is 17.5 Å². The van der Waals surface area contributed by atoms with Crippen molar-refractivity contribution < 1.29 is 18.4 Å². The normalized spacial score (nSPS) is 11.8. The molecule has 0 aliphatic rings. The van der Waals surface area contributed by atoms with Crippen molar-refractivity contribution in [3.63, 3.8) is 0 Å². The maximum Gasteiger partial charge on any atom is 0.261 e. The molecule has 1 atom stereocenters. The fraction of sp³-hybridized carbons (Fsp3) is 0.143. The number of benzene rings is 1. The van der Waals surface area contributed by atoms with Gasteiger partial charge in [0, 0.05) is 0 Å². The molecule has 7 heteroatoms. The minimum absolute atomic E-state index is 0.415. The number of carbonyl (C=O) groups is 2. The second kappa shape index (κ2) is 6.45. The first kappa shape index (κ1) is 15.1. The highest BCUT2D eigenvalue weighted by Crippen LogP contribution is 2.18. The zero-order chi connectivity index (χ0) is 15.4. The first-order valence-electron chi connectivity index (χ1n) is 6.08. The Morgan fingerprint density at radius 3 is 2.38 bits per heavy atom. The summed E-state index contributed by atoms with van der Waals surface area (Å²) in [6.45, 7) is 1.43. The number of thiophene rings is 1. The number of hydrogen-bond acceptors (Lipinski definition) is 3. The summed E-state index contributed by atoms with van der Waals surface area (Å²) < 4.78 is 26.8. The average Bonchev–Trinajstić information content (AvgIpc) is 2.97. The first-order chi connectivity index (χ1) is 9.99. The molecular formula is C14H12F2N2O2S. The number of hydrogen-bond donors (Lipinski definition) is 2. The van der Waals surface area contributed by atoms with Gasteiger partial charge in [0.05, 0.1) is 4.88 Å². The highest BCUT2D eigenvalue weighted by atomic mass is 32.1. The molecule has 1 heterocycles. The zero-order valence-corrected chi connectivity index (χ0v) is 11.8. The predicted molar refractivity (Wildman–Crippen MR) is 76.2 cm³/mol. The summed E-state index contributed by atoms with van der Waals surface area (Å²) in [6, 6.07) is 5.66. The predicted octanol–water partition coefficient (Wildman–Crippen LogP) is 2.78. The van der Waals surface area contributed by atoms with Crippen molar-refractivity contribution in [1.82, 2.24) is 5.32 Å². The number of para-hydroxylation sites is 1. The maximum atomic E-state index is 13.4. The van der Waals surface area contributed by atoms with E-state index in [0.717, 1.165) is 12.1 Å². The van der Waals surface area contributed by atoms with E-state index in [1.807, 2.05) is 0 Å². The zero-order valence-electron chi connectivity index (χ0n) is 11.0. The Bertz CT molecular complexity index is 639. The molecule has 21 heavy (non-hydrogen) atoms. The number of anilines is 1. The van der Waals surface area contributed by atoms with Crippen molar-refractivity contribution in [2.24, 2.45) is 0 Å². The topological polar surface area (TPSA) is 58.2 Å². The van der Waals surface area contributed by atoms with E-state index in [9.17, 15) is 18.4 Å². The molecule has 2 rings (SSSR count). The Morgan fingerprint density at radius 1 is 1.14 bits per heavy atom. The molecular weight excluding hydrogens is 298 g/mol. The van der Waals surface area contributed by atoms with E-state index in [1.165, 1.54) is 24.3 Å². The number of amides is 2. The van der Waals surface area contributed by atoms with Crippen LogP contribution in [0.2, 0.25) is 0 Å². The van der Waals surface area contributed by atoms with Crippen molar-refractivity contribution in [2.45, 2.75) is 13.0 Å². The molecule has 2 N–H and O–H groups in total. The Kier molecular flexibility index (Phi) is 4.64. The van der Waals surface area contributed by atoms with Crippen LogP contribution < -0.4 is 10.6 Å². The average molecular weight is 310 g/mol. The minimum Gasteiger partial charge on any atom is -0.340 e. The molecule has 1 aromatic carbocycles. The third-order valence-corrected chi connectivity index (χ3v) is 3.57. The second-order valence-electron chi connectivity index (χ2n) is 4.26. The molecule has 110 valence electrons. The molecule has 4 nitrogen and oxygen atoms in total. The van der Waals surface area contributed by atoms with Crippen molar-refractivity contribution >= 4 is 28.8 Å². The van der Waals surface area contributed by atoms with Crippen molar-refractivity contribution in [3.05, 3.63) is 52.2 Å². The first-order valence-corrected chi connectivity index (χ1v) is 6.96. The third kappa shape index (κ3) is 3.63. The number of halogens is 2. The van der Waals surface area contributed by atoms with Gasteiger partial charge in [0.2, 0.25) is 5.91 Å². The van der Waals surface area contributed by atoms with Gasteiger partial charge in [-0.1, -0.05) is 12.1 Å². The quantitative estimate of drug-likeness (QED) is 0.912. The van der Waals surface area contributed by atoms with Crippen LogP contribution in [0.25, 0.3) is 0 Å². The lowest BCUT2D eigenvalue weighted by Crippen LogP contribution is -2.41. The fourth-order valence-corrected chi connectivity index (χ4v) is 2.22. The fourth-order valence-electron chi connectivity index (χ4n) is 1.59. The van der Waals surface area contributed by atoms with E-state index < -0.39 is 35.2 Å². The highest BCUT2D eigenvalue weighted by Gasteiger charge is 2.19. The Balaban J connectivity index is 2.01. The van der Waals surface area contributed by atoms with Crippen LogP contribution in [0.4, 0.5) is 14.5 Å². The van der Waals surface area contributed by atoms with Crippen LogP contribution in [0.3, 0.4) is 0 Å². The molecule has 0 bridgehead atoms. The van der Waals surface area contributed by atoms with Gasteiger partial charge in [-0.2, -0.15) is 0 Å². The lowest BCUT2D eigenvalue weighted by Gasteiger charge is -2.14. The van der Waals surface area contributed by atoms with Gasteiger partial charge in [-0.05, 0) is 30.5 Å². The molecule has 0 aliphatic heterocycles. The van der Waals surface area contributed by atoms with E-state index in [2.05, 4.69) is 10.6 Å². The van der Waals surface area contributed by atoms with Crippen LogP contribution in [0, 0.1) is 11.6 Å². The smallest absolute Gasteiger partial charge is 0.261 e. The molecule has 0 aliphatic carbocycles. The van der Waals surface area contributed by atoms with Crippen LogP contribution in [0.1, 0.15) is 16.6 Å². The van der Waals surface area contributed by atoms with Crippen LogP contribution in [-0.4, -0.2) is 17.9 Å². The SMILES string of the molecule is C[C@H](NC(=O)c1cccs1)C(=O)Nc1c(F)cccc1F. The molecule has 2 aromatic rings. The van der Waals surface area contributed by atoms with Gasteiger partial charge in [-0.25, -0.2) is 8.78 Å². The lowest BCUT2D eigenvalue weighted by atomic mass is 10.2. The lowest BCUT2D eigenvalue weighted by molar-refractivity contribution is -0.117. The maximum absolute atomic E-state index is 13.4. The minimum atomic E-state index is -0.932. The van der Waals surface area contributed by atoms with Crippen LogP contribution in [0.5, 0.6) is 0 Å². The van der Waals surface area contributed by atoms with Gasteiger partial charge in [0.25, 0.3) is 5.91 Å². The Hall–Kier alpha value is -2.28. The summed E-state index contributed by atoms with van der Waals surface area (Å²) in [4.78, 5) is 24.1. The molecule has 2 amide bonds. The van der Waals surface area contributed by atoms with E-state index in [-0.39, 0.29) is 0 Å². The third-order valence-electron chi connectivity index (χ3n) is 2.70. The van der Waals surface area contributed by atoms with Gasteiger partial charge >= 0.3 is 0 Å². The summed E-state index contributed by atoms with van der Waals surface area (Å²) >= 11 is 1.23. The summed E-state index contributed by atoms with van der Waals surface area (Å²) in [5, 5.41) is 6.31. The van der Waals surface area contributed by atoms with Gasteiger partial charge in [-0.15, -0.1) is 11.3 Å². The van der Waals surface area contributed by atoms with Gasteiger partial charge in [0.15, 0.2) is 0 Å². The standard InChI is InChI=1S/C14H12F2N2O2S/c1-8(17-14(20)11-6-3-7-21-11)13(19)18-12-9(15)4-2-5-10(12)16/h2-8H,1H3,(H,17,20)(H,18,19)/t8-/m0/s1. The molecule has 0 spiro atoms. The summed E-state index contributed by atoms with van der Waals surface area (Å²) in [5.74, 6) is -2.87. The number of carbonyl (C=O) groups excluding carboxylic acids is 2. The number of rotatable bonds is 4. The van der Waals surface area contributed by atoms with Gasteiger partial charge in [0.1, 0.15) is 23.4 Å². The Morgan fingerprint density at radius 2 is 1.81 bits per heavy atom. The summed E-state index contributed by atoms with van der Waals surface area (Å²) in [7, 11) is 0. The Labute approximate surface area is 123 Å². The molecule has 0 radical (unpaired) electrons. The molecule has 0 unspecified atom stereocenters. The monoisotopic (exact) mass is 310 g/mol. The van der Waals surface area contributed by atoms with Crippen LogP contribution >= 0.6 is 11.3 Å². The molecule has 0 saturated carbocycles. The van der Waals surface area contributed by atoms with Crippen molar-refractivity contribution in [3.8, 4) is 0 Å². The van der Waals surface area contributed by atoms with Crippen molar-refractivity contribution in [1.29, 1.82) is 0 Å². The van der Waals surface area contributed by atoms with E-state index in [0.29, 0.717) is 4.88 Å². The summed E-state index contributed by atoms with van der Waals surface area (Å²) in [6.07, 6.45) is 0. The second-order valence-corrected chi connectivity index (χ2v) is 5.21. The molecule has 0 fully saturated rings. The largest absolute Gasteiger partial charge is 0.340 e. The van der Waals surface area contributed by atoms with E-state index >= 15 is 0 Å². The van der Waals surface area contributed by atoms with Gasteiger partial charge in [-0.3, -0.25) is 9.59 Å². The molecule has 1 aromatic heterocycles. The van der Waals surface area contributed by atoms with Crippen LogP contribution in [-0.2, 0) is 4.79 Å². The highest BCUT2D eigenvalue weighted by molar-refractivity contribution is 7.12. The van der Waals surface area contributed by atoms with E-state index in [4.69, 9.17) is 0 Å². The van der Waals surface area contributed by atoms with Gasteiger partial charge < -0.3 is 10.6 Å². The number of nitrogens with one attached hydrogen (secondary N) is 2. The van der Waals surface area contributed by atoms with Crippen LogP contribution in [0.15, 0.2) is 35.7 Å².